The Morgan fingerprint density at radius 3 is 2.14 bits per heavy atom. The first kappa shape index (κ1) is 22.3. The van der Waals surface area contributed by atoms with Crippen molar-refractivity contribution in [2.45, 2.75) is 64.8 Å². The minimum absolute atomic E-state index is 0.100. The number of nitrogens with two attached hydrogens (primary N) is 1. The van der Waals surface area contributed by atoms with Crippen molar-refractivity contribution in [1.82, 2.24) is 0 Å². The van der Waals surface area contributed by atoms with Crippen LogP contribution in [0.15, 0.2) is 27.8 Å². The normalized spacial score (nSPS) is 17.2. The van der Waals surface area contributed by atoms with E-state index in [4.69, 9.17) is 8.76 Å². The maximum Gasteiger partial charge on any atom is 0.253 e. The van der Waals surface area contributed by atoms with Crippen molar-refractivity contribution in [2.75, 3.05) is 10.6 Å². The molecule has 0 radical (unpaired) electrons. The van der Waals surface area contributed by atoms with Crippen LogP contribution in [-0.4, -0.2) is 14.3 Å². The molecule has 0 aromatic heterocycles. The Morgan fingerprint density at radius 2 is 1.57 bits per heavy atom. The lowest BCUT2D eigenvalue weighted by atomic mass is 9.91. The summed E-state index contributed by atoms with van der Waals surface area (Å²) in [6.45, 7) is 6.22. The molecule has 7 nitrogen and oxygen atoms in total. The molecule has 4 N–H and O–H groups in total. The molecule has 0 saturated heterocycles. The van der Waals surface area contributed by atoms with Crippen molar-refractivity contribution in [3.8, 4) is 0 Å². The number of rotatable bonds is 4. The molecule has 154 valence electrons. The molecular formula is C20H28N3O4S-. The van der Waals surface area contributed by atoms with E-state index in [2.05, 4.69) is 22.7 Å². The molecule has 1 fully saturated rings. The number of hydrogen-bond donors (Lipinski definition) is 3. The zero-order valence-electron chi connectivity index (χ0n) is 16.6. The predicted octanol–water partition coefficient (Wildman–Crippen LogP) is 2.91. The van der Waals surface area contributed by atoms with Crippen molar-refractivity contribution in [3.63, 3.8) is 0 Å². The van der Waals surface area contributed by atoms with E-state index in [0.717, 1.165) is 29.7 Å². The molecule has 1 unspecified atom stereocenters. The third kappa shape index (κ3) is 5.50. The van der Waals surface area contributed by atoms with Gasteiger partial charge in [-0.3, -0.25) is 18.9 Å². The van der Waals surface area contributed by atoms with E-state index >= 15 is 0 Å². The molecule has 3 rings (SSSR count). The Morgan fingerprint density at radius 1 is 1.04 bits per heavy atom. The van der Waals surface area contributed by atoms with E-state index in [0.29, 0.717) is 11.4 Å². The van der Waals surface area contributed by atoms with Gasteiger partial charge in [0, 0.05) is 22.5 Å². The number of benzene rings is 1. The summed E-state index contributed by atoms with van der Waals surface area (Å²) in [6.07, 6.45) is 6.90. The van der Waals surface area contributed by atoms with Crippen LogP contribution in [0.25, 0.3) is 0 Å². The van der Waals surface area contributed by atoms with Crippen molar-refractivity contribution < 1.29 is 8.76 Å². The third-order valence-corrected chi connectivity index (χ3v) is 5.41. The van der Waals surface area contributed by atoms with Crippen molar-refractivity contribution in [3.05, 3.63) is 49.8 Å². The molecule has 1 atom stereocenters. The minimum atomic E-state index is -2.36. The van der Waals surface area contributed by atoms with Crippen LogP contribution in [0.4, 0.5) is 17.1 Å². The highest BCUT2D eigenvalue weighted by atomic mass is 32.2. The molecule has 2 aromatic rings. The fourth-order valence-corrected chi connectivity index (χ4v) is 3.59. The monoisotopic (exact) mass is 406 g/mol. The second kappa shape index (κ2) is 9.45. The van der Waals surface area contributed by atoms with Gasteiger partial charge in [0.05, 0.1) is 0 Å². The van der Waals surface area contributed by atoms with E-state index < -0.39 is 22.1 Å². The quantitative estimate of drug-likeness (QED) is 0.407. The number of hydrogen-bond acceptors (Lipinski definition) is 6. The van der Waals surface area contributed by atoms with E-state index in [1.165, 1.54) is 25.7 Å². The lowest BCUT2D eigenvalue weighted by Crippen LogP contribution is -2.43. The summed E-state index contributed by atoms with van der Waals surface area (Å²) in [5.41, 5.74) is 3.10. The van der Waals surface area contributed by atoms with Crippen LogP contribution in [0.3, 0.4) is 0 Å². The van der Waals surface area contributed by atoms with E-state index in [-0.39, 0.29) is 5.54 Å². The van der Waals surface area contributed by atoms with Crippen LogP contribution < -0.4 is 26.6 Å². The van der Waals surface area contributed by atoms with Gasteiger partial charge in [-0.1, -0.05) is 37.8 Å². The maximum atomic E-state index is 12.1. The summed E-state index contributed by atoms with van der Waals surface area (Å²) in [5.74, 6) is 0. The van der Waals surface area contributed by atoms with Crippen LogP contribution in [0.1, 0.15) is 56.6 Å². The van der Waals surface area contributed by atoms with Gasteiger partial charge < -0.3 is 15.2 Å². The number of anilines is 3. The van der Waals surface area contributed by atoms with Gasteiger partial charge in [0.25, 0.3) is 10.9 Å². The zero-order valence-corrected chi connectivity index (χ0v) is 17.4. The lowest BCUT2D eigenvalue weighted by molar-refractivity contribution is 0.446. The fraction of sp³-hybridized carbons (Fsp3) is 0.500. The molecular weight excluding hydrogens is 378 g/mol. The SMILES string of the molecule is Cc1cccc(Nc2c(NC3(C)CCCCCC3)c(=O)c2=O)c1C.NS(=O)[O-]. The van der Waals surface area contributed by atoms with E-state index in [1.54, 1.807) is 0 Å². The molecule has 1 aliphatic carbocycles. The zero-order chi connectivity index (χ0) is 20.9. The number of aryl methyl sites for hydroxylation is 1. The van der Waals surface area contributed by atoms with Gasteiger partial charge in [0.15, 0.2) is 0 Å². The van der Waals surface area contributed by atoms with E-state index in [1.807, 2.05) is 32.0 Å². The van der Waals surface area contributed by atoms with Crippen molar-refractivity contribution >= 4 is 28.3 Å². The summed E-state index contributed by atoms with van der Waals surface area (Å²) in [5, 5.41) is 10.6. The molecule has 0 amide bonds. The average Bonchev–Trinajstić information content (AvgIpc) is 2.85. The van der Waals surface area contributed by atoms with Crippen LogP contribution in [-0.2, 0) is 11.3 Å². The van der Waals surface area contributed by atoms with Crippen LogP contribution in [0.2, 0.25) is 0 Å². The second-order valence-corrected chi connectivity index (χ2v) is 8.16. The van der Waals surface area contributed by atoms with Crippen molar-refractivity contribution in [2.24, 2.45) is 5.14 Å². The van der Waals surface area contributed by atoms with E-state index in [9.17, 15) is 9.59 Å². The molecule has 8 heteroatoms. The standard InChI is InChI=1S/C20H26N2O2.H3NO2S/c1-13-9-8-10-15(14(13)2)21-16-17(19(24)18(16)23)22-20(3)11-6-4-5-7-12-20;1-4(2)3/h8-10,21-22H,4-7,11-12H2,1-3H3;1H2,(H,2,3)/p-1. The van der Waals surface area contributed by atoms with Gasteiger partial charge in [-0.2, -0.15) is 0 Å². The third-order valence-electron chi connectivity index (χ3n) is 5.41. The molecule has 0 bridgehead atoms. The molecule has 2 aromatic carbocycles. The van der Waals surface area contributed by atoms with Crippen molar-refractivity contribution in [1.29, 1.82) is 0 Å². The Kier molecular flexibility index (Phi) is 7.51. The van der Waals surface area contributed by atoms with Crippen LogP contribution in [0.5, 0.6) is 0 Å². The highest BCUT2D eigenvalue weighted by molar-refractivity contribution is 7.76. The second-order valence-electron chi connectivity index (χ2n) is 7.64. The Balaban J connectivity index is 0.000000640. The largest absolute Gasteiger partial charge is 0.760 e. The summed E-state index contributed by atoms with van der Waals surface area (Å²) >= 11 is -2.36. The molecule has 1 saturated carbocycles. The van der Waals surface area contributed by atoms with Gasteiger partial charge in [-0.15, -0.1) is 0 Å². The Bertz CT molecular complexity index is 907. The Hall–Kier alpha value is -2.03. The average molecular weight is 407 g/mol. The minimum Gasteiger partial charge on any atom is -0.760 e. The highest BCUT2D eigenvalue weighted by Crippen LogP contribution is 2.32. The van der Waals surface area contributed by atoms with Gasteiger partial charge in [0.2, 0.25) is 0 Å². The Labute approximate surface area is 167 Å². The first-order valence-electron chi connectivity index (χ1n) is 9.43. The molecule has 1 aliphatic rings. The topological polar surface area (TPSA) is 124 Å². The molecule has 0 aliphatic heterocycles. The fourth-order valence-electron chi connectivity index (χ4n) is 3.59. The summed E-state index contributed by atoms with van der Waals surface area (Å²) in [7, 11) is 0. The first-order valence-corrected chi connectivity index (χ1v) is 10.6. The predicted molar refractivity (Wildman–Crippen MR) is 113 cm³/mol. The summed E-state index contributed by atoms with van der Waals surface area (Å²) in [6, 6.07) is 5.93. The molecule has 0 heterocycles. The number of nitrogens with one attached hydrogen (secondary N) is 2. The van der Waals surface area contributed by atoms with Crippen LogP contribution in [0, 0.1) is 13.8 Å². The van der Waals surface area contributed by atoms with Crippen LogP contribution >= 0.6 is 0 Å². The van der Waals surface area contributed by atoms with Gasteiger partial charge in [-0.25, -0.2) is 0 Å². The summed E-state index contributed by atoms with van der Waals surface area (Å²) in [4.78, 5) is 24.2. The smallest absolute Gasteiger partial charge is 0.253 e. The highest BCUT2D eigenvalue weighted by Gasteiger charge is 2.31. The molecule has 28 heavy (non-hydrogen) atoms. The molecule has 0 spiro atoms. The first-order chi connectivity index (χ1) is 13.1. The maximum absolute atomic E-state index is 12.1. The van der Waals surface area contributed by atoms with Gasteiger partial charge in [-0.05, 0) is 50.8 Å². The van der Waals surface area contributed by atoms with Gasteiger partial charge in [0.1, 0.15) is 11.4 Å². The summed E-state index contributed by atoms with van der Waals surface area (Å²) < 4.78 is 17.6. The lowest BCUT2D eigenvalue weighted by Gasteiger charge is -2.32. The van der Waals surface area contributed by atoms with Gasteiger partial charge >= 0.3 is 0 Å².